The topological polar surface area (TPSA) is 58.4 Å². The molecule has 0 spiro atoms. The van der Waals surface area contributed by atoms with E-state index in [1.54, 1.807) is 20.7 Å². The zero-order valence-electron chi connectivity index (χ0n) is 20.0. The van der Waals surface area contributed by atoms with Gasteiger partial charge in [0, 0.05) is 42.9 Å². The van der Waals surface area contributed by atoms with Gasteiger partial charge in [-0.15, -0.1) is 0 Å². The highest BCUT2D eigenvalue weighted by Gasteiger charge is 2.71. The summed E-state index contributed by atoms with van der Waals surface area (Å²) in [6.07, 6.45) is 2.78. The molecule has 0 amide bonds. The number of piperidine rings is 1. The highest BCUT2D eigenvalue weighted by Crippen LogP contribution is 2.70. The lowest BCUT2D eigenvalue weighted by Gasteiger charge is -2.35. The van der Waals surface area contributed by atoms with Crippen molar-refractivity contribution < 1.29 is 12.8 Å². The molecule has 36 heavy (non-hydrogen) atoms. The first kappa shape index (κ1) is 22.2. The van der Waals surface area contributed by atoms with Crippen LogP contribution in [-0.4, -0.2) is 53.0 Å². The molecule has 3 heterocycles. The average Bonchev–Trinajstić information content (AvgIpc) is 3.10. The quantitative estimate of drug-likeness (QED) is 0.407. The van der Waals surface area contributed by atoms with Gasteiger partial charge in [0.05, 0.1) is 17.4 Å². The molecule has 3 aliphatic rings. The van der Waals surface area contributed by atoms with Crippen molar-refractivity contribution >= 4 is 21.1 Å². The van der Waals surface area contributed by atoms with Gasteiger partial charge in [-0.1, -0.05) is 30.3 Å². The van der Waals surface area contributed by atoms with Crippen molar-refractivity contribution in [3.05, 3.63) is 95.4 Å². The van der Waals surface area contributed by atoms with Crippen molar-refractivity contribution in [2.24, 2.45) is 5.92 Å². The first-order valence-corrected chi connectivity index (χ1v) is 13.8. The van der Waals surface area contributed by atoms with E-state index in [1.165, 1.54) is 23.3 Å². The minimum atomic E-state index is -3.43. The van der Waals surface area contributed by atoms with E-state index in [2.05, 4.69) is 48.4 Å². The van der Waals surface area contributed by atoms with E-state index in [1.807, 2.05) is 16.9 Å². The normalized spacial score (nSPS) is 26.2. The summed E-state index contributed by atoms with van der Waals surface area (Å²) in [6, 6.07) is 21.1. The van der Waals surface area contributed by atoms with Crippen LogP contribution in [0.15, 0.2) is 72.9 Å². The van der Waals surface area contributed by atoms with Crippen LogP contribution in [0.2, 0.25) is 0 Å². The molecular weight excluding hydrogens is 475 g/mol. The summed E-state index contributed by atoms with van der Waals surface area (Å²) >= 11 is 0. The SMILES string of the molecule is Cc1cc2c(cnn2-c2ccc(F)cc2)cc1C12CN(S(=O)(=O)N3CCC3)CC1C2c1ccccc1. The molecule has 2 saturated heterocycles. The molecule has 2 aliphatic heterocycles. The number of aryl methyl sites for hydroxylation is 1. The van der Waals surface area contributed by atoms with Crippen LogP contribution in [0.3, 0.4) is 0 Å². The molecule has 3 unspecified atom stereocenters. The summed E-state index contributed by atoms with van der Waals surface area (Å²) in [5.41, 5.74) is 5.10. The summed E-state index contributed by atoms with van der Waals surface area (Å²) in [6.45, 7) is 4.38. The van der Waals surface area contributed by atoms with Crippen LogP contribution in [0.25, 0.3) is 16.6 Å². The van der Waals surface area contributed by atoms with Crippen LogP contribution < -0.4 is 0 Å². The Morgan fingerprint density at radius 1 is 1.00 bits per heavy atom. The minimum Gasteiger partial charge on any atom is -0.233 e. The van der Waals surface area contributed by atoms with Gasteiger partial charge in [-0.3, -0.25) is 0 Å². The van der Waals surface area contributed by atoms with Gasteiger partial charge in [-0.05, 0) is 72.4 Å². The molecule has 7 rings (SSSR count). The third-order valence-electron chi connectivity index (χ3n) is 8.46. The molecular formula is C28H27FN4O2S. The fraction of sp³-hybridized carbons (Fsp3) is 0.321. The molecule has 8 heteroatoms. The van der Waals surface area contributed by atoms with Crippen molar-refractivity contribution in [3.63, 3.8) is 0 Å². The summed E-state index contributed by atoms with van der Waals surface area (Å²) in [5, 5.41) is 5.59. The Balaban J connectivity index is 1.32. The molecule has 0 bridgehead atoms. The lowest BCUT2D eigenvalue weighted by atomic mass is 9.87. The average molecular weight is 503 g/mol. The van der Waals surface area contributed by atoms with Crippen LogP contribution in [0.1, 0.15) is 29.0 Å². The Labute approximate surface area is 210 Å². The van der Waals surface area contributed by atoms with Gasteiger partial charge in [0.1, 0.15) is 5.82 Å². The molecule has 184 valence electrons. The van der Waals surface area contributed by atoms with Gasteiger partial charge >= 0.3 is 0 Å². The zero-order valence-corrected chi connectivity index (χ0v) is 20.8. The largest absolute Gasteiger partial charge is 0.282 e. The number of rotatable bonds is 5. The number of halogens is 1. The van der Waals surface area contributed by atoms with Crippen LogP contribution in [0.4, 0.5) is 4.39 Å². The maximum atomic E-state index is 13.5. The Bertz CT molecular complexity index is 1580. The Hall–Kier alpha value is -3.07. The minimum absolute atomic E-state index is 0.235. The van der Waals surface area contributed by atoms with Gasteiger partial charge in [-0.25, -0.2) is 9.07 Å². The zero-order chi connectivity index (χ0) is 24.7. The second-order valence-electron chi connectivity index (χ2n) is 10.3. The van der Waals surface area contributed by atoms with E-state index in [-0.39, 0.29) is 23.1 Å². The Kier molecular flexibility index (Phi) is 4.75. The van der Waals surface area contributed by atoms with Gasteiger partial charge < -0.3 is 0 Å². The molecule has 1 aliphatic carbocycles. The third-order valence-corrected chi connectivity index (χ3v) is 10.4. The van der Waals surface area contributed by atoms with E-state index in [9.17, 15) is 12.8 Å². The molecule has 0 radical (unpaired) electrons. The summed E-state index contributed by atoms with van der Waals surface area (Å²) in [5.74, 6) is 0.238. The highest BCUT2D eigenvalue weighted by atomic mass is 32.2. The van der Waals surface area contributed by atoms with Crippen molar-refractivity contribution in [1.29, 1.82) is 0 Å². The number of hydrogen-bond donors (Lipinski definition) is 0. The molecule has 3 aromatic carbocycles. The number of nitrogens with zero attached hydrogens (tertiary/aromatic N) is 4. The smallest absolute Gasteiger partial charge is 0.233 e. The van der Waals surface area contributed by atoms with Crippen molar-refractivity contribution in [2.45, 2.75) is 24.7 Å². The number of aromatic nitrogens is 2. The molecule has 3 fully saturated rings. The van der Waals surface area contributed by atoms with Gasteiger partial charge in [-0.2, -0.15) is 22.1 Å². The molecule has 3 atom stereocenters. The second-order valence-corrected chi connectivity index (χ2v) is 12.3. The Morgan fingerprint density at radius 2 is 1.75 bits per heavy atom. The van der Waals surface area contributed by atoms with Crippen molar-refractivity contribution in [3.8, 4) is 5.69 Å². The van der Waals surface area contributed by atoms with Crippen molar-refractivity contribution in [1.82, 2.24) is 18.4 Å². The first-order chi connectivity index (χ1) is 17.4. The van der Waals surface area contributed by atoms with Crippen molar-refractivity contribution in [2.75, 3.05) is 26.2 Å². The highest BCUT2D eigenvalue weighted by molar-refractivity contribution is 7.86. The molecule has 0 N–H and O–H groups in total. The van der Waals surface area contributed by atoms with E-state index in [0.717, 1.165) is 28.6 Å². The maximum Gasteiger partial charge on any atom is 0.282 e. The van der Waals surface area contributed by atoms with E-state index >= 15 is 0 Å². The van der Waals surface area contributed by atoms with E-state index in [0.29, 0.717) is 26.2 Å². The Morgan fingerprint density at radius 3 is 2.44 bits per heavy atom. The monoisotopic (exact) mass is 502 g/mol. The molecule has 1 saturated carbocycles. The van der Waals surface area contributed by atoms with Gasteiger partial charge in [0.2, 0.25) is 0 Å². The lowest BCUT2D eigenvalue weighted by Crippen LogP contribution is -2.50. The molecule has 6 nitrogen and oxygen atoms in total. The molecule has 1 aromatic heterocycles. The van der Waals surface area contributed by atoms with Crippen LogP contribution in [0, 0.1) is 18.7 Å². The summed E-state index contributed by atoms with van der Waals surface area (Å²) < 4.78 is 45.2. The maximum absolute atomic E-state index is 13.5. The lowest BCUT2D eigenvalue weighted by molar-refractivity contribution is 0.275. The number of fused-ring (bicyclic) bond motifs is 2. The standard InChI is InChI=1S/C28H27FN4O2S/c1-19-14-26-21(16-30-33(26)23-10-8-22(29)9-11-23)15-24(19)28-18-32(36(34,35)31-12-5-13-31)17-25(28)27(28)20-6-3-2-4-7-20/h2-4,6-11,14-16,25,27H,5,12-13,17-18H2,1H3. The van der Waals surface area contributed by atoms with Crippen LogP contribution in [-0.2, 0) is 15.6 Å². The molecule has 4 aromatic rings. The predicted octanol–water partition coefficient (Wildman–Crippen LogP) is 4.39. The van der Waals surface area contributed by atoms with Gasteiger partial charge in [0.25, 0.3) is 10.2 Å². The fourth-order valence-electron chi connectivity index (χ4n) is 6.55. The number of benzene rings is 3. The number of hydrogen-bond acceptors (Lipinski definition) is 3. The van der Waals surface area contributed by atoms with Crippen LogP contribution >= 0.6 is 0 Å². The summed E-state index contributed by atoms with van der Waals surface area (Å²) in [4.78, 5) is 0. The first-order valence-electron chi connectivity index (χ1n) is 12.4. The van der Waals surface area contributed by atoms with Gasteiger partial charge in [0.15, 0.2) is 0 Å². The fourth-order valence-corrected chi connectivity index (χ4v) is 8.32. The van der Waals surface area contributed by atoms with E-state index < -0.39 is 10.2 Å². The summed E-state index contributed by atoms with van der Waals surface area (Å²) in [7, 11) is -3.43. The second kappa shape index (κ2) is 7.71. The van der Waals surface area contributed by atoms with E-state index in [4.69, 9.17) is 0 Å². The third kappa shape index (κ3) is 3.07. The predicted molar refractivity (Wildman–Crippen MR) is 137 cm³/mol. The van der Waals surface area contributed by atoms with Crippen LogP contribution in [0.5, 0.6) is 0 Å².